The minimum absolute atomic E-state index is 0.152. The van der Waals surface area contributed by atoms with E-state index in [2.05, 4.69) is 11.1 Å². The molecule has 1 aromatic heterocycles. The summed E-state index contributed by atoms with van der Waals surface area (Å²) >= 11 is 0. The normalized spacial score (nSPS) is 23.8. The highest BCUT2D eigenvalue weighted by Gasteiger charge is 2.32. The predicted octanol–water partition coefficient (Wildman–Crippen LogP) is 1.09. The van der Waals surface area contributed by atoms with Crippen molar-refractivity contribution in [1.82, 2.24) is 4.98 Å². The lowest BCUT2D eigenvalue weighted by atomic mass is 10.1. The Kier molecular flexibility index (Phi) is 2.99. The lowest BCUT2D eigenvalue weighted by Gasteiger charge is -2.18. The monoisotopic (exact) mass is 235 g/mol. The van der Waals surface area contributed by atoms with Gasteiger partial charge in [-0.15, -0.1) is 0 Å². The van der Waals surface area contributed by atoms with Crippen LogP contribution in [0.15, 0.2) is 6.07 Å². The van der Waals surface area contributed by atoms with Crippen LogP contribution < -0.4 is 4.90 Å². The number of alkyl halides is 1. The third-order valence-electron chi connectivity index (χ3n) is 3.04. The SMILES string of the molecule is Cc1cc(N2C[C@@H](O)[C@H](F)C2)nc(C)c1C#N. The Hall–Kier alpha value is -1.67. The molecular weight excluding hydrogens is 221 g/mol. The topological polar surface area (TPSA) is 60.1 Å². The number of aliphatic hydroxyl groups is 1. The molecule has 4 nitrogen and oxygen atoms in total. The first kappa shape index (κ1) is 11.8. The maximum absolute atomic E-state index is 13.2. The van der Waals surface area contributed by atoms with Crippen LogP contribution in [0.4, 0.5) is 10.2 Å². The van der Waals surface area contributed by atoms with Crippen LogP contribution in [0.25, 0.3) is 0 Å². The van der Waals surface area contributed by atoms with Crippen molar-refractivity contribution in [2.24, 2.45) is 0 Å². The van der Waals surface area contributed by atoms with Gasteiger partial charge in [0.1, 0.15) is 24.2 Å². The molecule has 0 aliphatic carbocycles. The molecule has 1 N–H and O–H groups in total. The molecule has 0 aromatic carbocycles. The summed E-state index contributed by atoms with van der Waals surface area (Å²) in [4.78, 5) is 5.99. The first-order valence-electron chi connectivity index (χ1n) is 5.48. The van der Waals surface area contributed by atoms with Crippen LogP contribution in [0.3, 0.4) is 0 Å². The van der Waals surface area contributed by atoms with Gasteiger partial charge in [0.05, 0.1) is 17.8 Å². The van der Waals surface area contributed by atoms with Crippen molar-refractivity contribution >= 4 is 5.82 Å². The summed E-state index contributed by atoms with van der Waals surface area (Å²) in [7, 11) is 0. The van der Waals surface area contributed by atoms with E-state index in [1.807, 2.05) is 6.92 Å². The Bertz CT molecular complexity index is 450. The van der Waals surface area contributed by atoms with Gasteiger partial charge in [-0.3, -0.25) is 0 Å². The summed E-state index contributed by atoms with van der Waals surface area (Å²) < 4.78 is 13.2. The fraction of sp³-hybridized carbons (Fsp3) is 0.500. The molecule has 0 bridgehead atoms. The van der Waals surface area contributed by atoms with Crippen LogP contribution in [0.5, 0.6) is 0 Å². The minimum Gasteiger partial charge on any atom is -0.388 e. The number of nitrogens with zero attached hydrogens (tertiary/aromatic N) is 3. The molecule has 2 rings (SSSR count). The van der Waals surface area contributed by atoms with E-state index in [4.69, 9.17) is 5.26 Å². The summed E-state index contributed by atoms with van der Waals surface area (Å²) in [5, 5.41) is 18.3. The summed E-state index contributed by atoms with van der Waals surface area (Å²) in [6.45, 7) is 3.99. The van der Waals surface area contributed by atoms with E-state index in [1.165, 1.54) is 0 Å². The highest BCUT2D eigenvalue weighted by atomic mass is 19.1. The van der Waals surface area contributed by atoms with Gasteiger partial charge in [0.2, 0.25) is 0 Å². The molecule has 2 atom stereocenters. The average Bonchev–Trinajstić information content (AvgIpc) is 2.59. The second-order valence-corrected chi connectivity index (χ2v) is 4.36. The van der Waals surface area contributed by atoms with E-state index in [-0.39, 0.29) is 13.1 Å². The van der Waals surface area contributed by atoms with Gasteiger partial charge in [0.15, 0.2) is 0 Å². The van der Waals surface area contributed by atoms with Crippen LogP contribution in [-0.2, 0) is 0 Å². The van der Waals surface area contributed by atoms with Crippen LogP contribution >= 0.6 is 0 Å². The van der Waals surface area contributed by atoms with Crippen molar-refractivity contribution in [2.45, 2.75) is 26.1 Å². The molecule has 0 unspecified atom stereocenters. The zero-order valence-corrected chi connectivity index (χ0v) is 9.81. The molecule has 2 heterocycles. The minimum atomic E-state index is -1.23. The van der Waals surface area contributed by atoms with Crippen LogP contribution in [0.1, 0.15) is 16.8 Å². The molecule has 0 spiro atoms. The third kappa shape index (κ3) is 2.08. The standard InChI is InChI=1S/C12H14FN3O/c1-7-3-12(15-8(2)9(7)4-14)16-5-10(13)11(17)6-16/h3,10-11,17H,5-6H2,1-2H3/t10-,11-/m1/s1. The van der Waals surface area contributed by atoms with Gasteiger partial charge >= 0.3 is 0 Å². The summed E-state index contributed by atoms with van der Waals surface area (Å²) in [6, 6.07) is 3.85. The van der Waals surface area contributed by atoms with E-state index < -0.39 is 12.3 Å². The number of hydrogen-bond donors (Lipinski definition) is 1. The molecule has 1 aliphatic heterocycles. The number of aromatic nitrogens is 1. The maximum atomic E-state index is 13.2. The predicted molar refractivity (Wildman–Crippen MR) is 61.5 cm³/mol. The van der Waals surface area contributed by atoms with Crippen molar-refractivity contribution in [2.75, 3.05) is 18.0 Å². The number of anilines is 1. The number of halogens is 1. The molecule has 0 radical (unpaired) electrons. The van der Waals surface area contributed by atoms with Crippen molar-refractivity contribution < 1.29 is 9.50 Å². The van der Waals surface area contributed by atoms with Gasteiger partial charge in [-0.05, 0) is 25.5 Å². The van der Waals surface area contributed by atoms with Gasteiger partial charge in [0.25, 0.3) is 0 Å². The number of β-amino-alcohol motifs (C(OH)–C–C–N with tert-alkyl or cyclic N) is 1. The first-order chi connectivity index (χ1) is 8.02. The largest absolute Gasteiger partial charge is 0.388 e. The van der Waals surface area contributed by atoms with Gasteiger partial charge in [-0.25, -0.2) is 9.37 Å². The smallest absolute Gasteiger partial charge is 0.145 e. The second kappa shape index (κ2) is 4.30. The summed E-state index contributed by atoms with van der Waals surface area (Å²) in [5.74, 6) is 0.623. The highest BCUT2D eigenvalue weighted by molar-refractivity contribution is 5.51. The Morgan fingerprint density at radius 1 is 1.53 bits per heavy atom. The number of rotatable bonds is 1. The summed E-state index contributed by atoms with van der Waals surface area (Å²) in [5.41, 5.74) is 2.02. The van der Waals surface area contributed by atoms with Crippen LogP contribution in [0.2, 0.25) is 0 Å². The molecule has 0 amide bonds. The molecule has 5 heteroatoms. The van der Waals surface area contributed by atoms with Crippen molar-refractivity contribution in [3.63, 3.8) is 0 Å². The lowest BCUT2D eigenvalue weighted by Crippen LogP contribution is -2.22. The third-order valence-corrected chi connectivity index (χ3v) is 3.04. The fourth-order valence-corrected chi connectivity index (χ4v) is 2.08. The molecule has 17 heavy (non-hydrogen) atoms. The second-order valence-electron chi connectivity index (χ2n) is 4.36. The zero-order chi connectivity index (χ0) is 12.6. The van der Waals surface area contributed by atoms with Crippen LogP contribution in [0, 0.1) is 25.2 Å². The van der Waals surface area contributed by atoms with E-state index in [0.29, 0.717) is 17.1 Å². The number of aliphatic hydroxyl groups excluding tert-OH is 1. The first-order valence-corrected chi connectivity index (χ1v) is 5.48. The molecule has 90 valence electrons. The van der Waals surface area contributed by atoms with Gasteiger partial charge in [-0.1, -0.05) is 0 Å². The molecule has 1 fully saturated rings. The van der Waals surface area contributed by atoms with E-state index in [0.717, 1.165) is 5.56 Å². The van der Waals surface area contributed by atoms with Crippen molar-refractivity contribution in [1.29, 1.82) is 5.26 Å². The maximum Gasteiger partial charge on any atom is 0.145 e. The molecule has 1 aromatic rings. The zero-order valence-electron chi connectivity index (χ0n) is 9.81. The molecular formula is C12H14FN3O. The quantitative estimate of drug-likeness (QED) is 0.791. The molecule has 1 aliphatic rings. The Morgan fingerprint density at radius 3 is 2.71 bits per heavy atom. The van der Waals surface area contributed by atoms with Gasteiger partial charge < -0.3 is 10.0 Å². The number of aryl methyl sites for hydroxylation is 2. The van der Waals surface area contributed by atoms with E-state index >= 15 is 0 Å². The molecule has 1 saturated heterocycles. The van der Waals surface area contributed by atoms with Gasteiger partial charge in [0, 0.05) is 6.54 Å². The van der Waals surface area contributed by atoms with Crippen LogP contribution in [-0.4, -0.2) is 35.5 Å². The molecule has 0 saturated carbocycles. The van der Waals surface area contributed by atoms with Gasteiger partial charge in [-0.2, -0.15) is 5.26 Å². The Morgan fingerprint density at radius 2 is 2.24 bits per heavy atom. The fourth-order valence-electron chi connectivity index (χ4n) is 2.08. The Balaban J connectivity index is 2.33. The number of nitriles is 1. The highest BCUT2D eigenvalue weighted by Crippen LogP contribution is 2.23. The Labute approximate surface area is 99.3 Å². The van der Waals surface area contributed by atoms with Crippen molar-refractivity contribution in [3.05, 3.63) is 22.9 Å². The number of pyridine rings is 1. The van der Waals surface area contributed by atoms with Crippen molar-refractivity contribution in [3.8, 4) is 6.07 Å². The average molecular weight is 235 g/mol. The summed E-state index contributed by atoms with van der Waals surface area (Å²) in [6.07, 6.45) is -2.18. The van der Waals surface area contributed by atoms with E-state index in [1.54, 1.807) is 17.9 Å². The number of hydrogen-bond acceptors (Lipinski definition) is 4. The van der Waals surface area contributed by atoms with E-state index in [9.17, 15) is 9.50 Å². The lowest BCUT2D eigenvalue weighted by molar-refractivity contribution is 0.118.